The molecule has 0 amide bonds. The Morgan fingerprint density at radius 2 is 1.57 bits per heavy atom. The van der Waals surface area contributed by atoms with Gasteiger partial charge in [0.1, 0.15) is 18.1 Å². The van der Waals surface area contributed by atoms with E-state index in [9.17, 15) is 9.18 Å². The number of ketones is 1. The molecule has 0 radical (unpaired) electrons. The van der Waals surface area contributed by atoms with Crippen LogP contribution in [0.25, 0.3) is 22.4 Å². The maximum atomic E-state index is 13.1. The van der Waals surface area contributed by atoms with E-state index in [1.165, 1.54) is 19.1 Å². The van der Waals surface area contributed by atoms with Crippen molar-refractivity contribution in [2.45, 2.75) is 13.3 Å². The summed E-state index contributed by atoms with van der Waals surface area (Å²) in [4.78, 5) is 19.9. The normalized spacial score (nSPS) is 10.9. The molecule has 4 aromatic rings. The molecule has 0 unspecified atom stereocenters. The third-order valence-corrected chi connectivity index (χ3v) is 4.06. The van der Waals surface area contributed by atoms with Crippen LogP contribution in [0.1, 0.15) is 18.2 Å². The summed E-state index contributed by atoms with van der Waals surface area (Å²) in [6, 6.07) is 14.1. The first kappa shape index (κ1) is 17.7. The number of Topliss-reactive ketones (excluding diaryl/α,β-unsaturated/α-hetero) is 1. The van der Waals surface area contributed by atoms with Crippen molar-refractivity contribution >= 4 is 17.1 Å². The molecule has 2 aromatic carbocycles. The Morgan fingerprint density at radius 3 is 2.21 bits per heavy atom. The number of rotatable bonds is 6. The van der Waals surface area contributed by atoms with E-state index in [0.717, 1.165) is 16.7 Å². The zero-order valence-electron chi connectivity index (χ0n) is 14.9. The van der Waals surface area contributed by atoms with E-state index in [-0.39, 0.29) is 35.4 Å². The third-order valence-electron chi connectivity index (χ3n) is 4.06. The smallest absolute Gasteiger partial charge is 0.246 e. The van der Waals surface area contributed by atoms with Gasteiger partial charge < -0.3 is 4.74 Å². The van der Waals surface area contributed by atoms with Gasteiger partial charge in [0, 0.05) is 6.42 Å². The molecule has 8 heteroatoms. The molecular weight excluding hydrogens is 363 g/mol. The quantitative estimate of drug-likeness (QED) is 0.508. The molecule has 2 aromatic heterocycles. The van der Waals surface area contributed by atoms with Gasteiger partial charge in [0.15, 0.2) is 5.78 Å². The highest BCUT2D eigenvalue weighted by molar-refractivity contribution is 5.77. The second kappa shape index (κ2) is 7.51. The first-order chi connectivity index (χ1) is 13.6. The van der Waals surface area contributed by atoms with Crippen molar-refractivity contribution in [1.29, 1.82) is 0 Å². The molecule has 0 N–H and O–H groups in total. The van der Waals surface area contributed by atoms with E-state index in [1.807, 2.05) is 24.3 Å². The van der Waals surface area contributed by atoms with Gasteiger partial charge in [-0.15, -0.1) is 0 Å². The predicted molar refractivity (Wildman–Crippen MR) is 98.2 cm³/mol. The molecule has 0 saturated heterocycles. The number of carbonyl (C=O) groups excluding carboxylic acids is 1. The number of ether oxygens (including phenoxy) is 1. The van der Waals surface area contributed by atoms with Crippen molar-refractivity contribution < 1.29 is 18.6 Å². The number of halogens is 1. The van der Waals surface area contributed by atoms with E-state index in [4.69, 9.17) is 4.74 Å². The van der Waals surface area contributed by atoms with E-state index in [1.54, 1.807) is 12.1 Å². The lowest BCUT2D eigenvalue weighted by Gasteiger charge is -2.09. The Morgan fingerprint density at radius 1 is 0.964 bits per heavy atom. The summed E-state index contributed by atoms with van der Waals surface area (Å²) in [7, 11) is 0. The number of hydrogen-bond donors (Lipinski definition) is 0. The van der Waals surface area contributed by atoms with Crippen LogP contribution in [0.5, 0.6) is 5.88 Å². The van der Waals surface area contributed by atoms with E-state index >= 15 is 0 Å². The number of aromatic nitrogens is 4. The number of carbonyl (C=O) groups is 1. The number of benzene rings is 2. The Bertz CT molecular complexity index is 1120. The van der Waals surface area contributed by atoms with Crippen LogP contribution in [-0.2, 0) is 11.2 Å². The fourth-order valence-electron chi connectivity index (χ4n) is 2.71. The van der Waals surface area contributed by atoms with Crippen molar-refractivity contribution in [2.24, 2.45) is 0 Å². The van der Waals surface area contributed by atoms with Gasteiger partial charge in [-0.3, -0.25) is 4.79 Å². The van der Waals surface area contributed by atoms with Crippen molar-refractivity contribution in [3.05, 3.63) is 65.6 Å². The van der Waals surface area contributed by atoms with Crippen LogP contribution in [0.15, 0.2) is 53.2 Å². The lowest BCUT2D eigenvalue weighted by atomic mass is 10.0. The average Bonchev–Trinajstić information content (AvgIpc) is 3.14. The highest BCUT2D eigenvalue weighted by Crippen LogP contribution is 2.23. The molecule has 140 valence electrons. The summed E-state index contributed by atoms with van der Waals surface area (Å²) in [6.07, 6.45) is 0.423. The average molecular weight is 378 g/mol. The summed E-state index contributed by atoms with van der Waals surface area (Å²) in [6.45, 7) is 1.32. The molecule has 0 bridgehead atoms. The van der Waals surface area contributed by atoms with Crippen LogP contribution in [-0.4, -0.2) is 32.7 Å². The molecule has 0 atom stereocenters. The van der Waals surface area contributed by atoms with Crippen LogP contribution < -0.4 is 4.74 Å². The number of fused-ring (bicyclic) bond motifs is 1. The molecule has 4 rings (SSSR count). The molecule has 0 saturated carbocycles. The fourth-order valence-corrected chi connectivity index (χ4v) is 2.71. The Kier molecular flexibility index (Phi) is 4.76. The van der Waals surface area contributed by atoms with Gasteiger partial charge in [0.05, 0.1) is 0 Å². The van der Waals surface area contributed by atoms with Gasteiger partial charge >= 0.3 is 0 Å². The van der Waals surface area contributed by atoms with Crippen LogP contribution in [0.4, 0.5) is 4.39 Å². The van der Waals surface area contributed by atoms with Gasteiger partial charge in [-0.2, -0.15) is 4.98 Å². The van der Waals surface area contributed by atoms with Gasteiger partial charge in [-0.25, -0.2) is 14.0 Å². The van der Waals surface area contributed by atoms with Crippen LogP contribution in [0.3, 0.4) is 0 Å². The molecule has 2 heterocycles. The minimum Gasteiger partial charge on any atom is -0.468 e. The van der Waals surface area contributed by atoms with Gasteiger partial charge in [0.25, 0.3) is 0 Å². The second-order valence-electron chi connectivity index (χ2n) is 6.26. The maximum absolute atomic E-state index is 13.1. The highest BCUT2D eigenvalue weighted by atomic mass is 19.1. The first-order valence-electron chi connectivity index (χ1n) is 8.55. The van der Waals surface area contributed by atoms with Gasteiger partial charge in [0.2, 0.25) is 17.2 Å². The topological polar surface area (TPSA) is 91.0 Å². The monoisotopic (exact) mass is 378 g/mol. The minimum atomic E-state index is -0.269. The molecule has 0 aliphatic heterocycles. The van der Waals surface area contributed by atoms with E-state index in [2.05, 4.69) is 24.9 Å². The third kappa shape index (κ3) is 3.85. The van der Waals surface area contributed by atoms with E-state index < -0.39 is 0 Å². The Balaban J connectivity index is 1.60. The largest absolute Gasteiger partial charge is 0.468 e. The van der Waals surface area contributed by atoms with Crippen molar-refractivity contribution in [3.8, 4) is 17.0 Å². The lowest BCUT2D eigenvalue weighted by Crippen LogP contribution is -2.10. The van der Waals surface area contributed by atoms with Crippen molar-refractivity contribution in [1.82, 2.24) is 20.3 Å². The highest BCUT2D eigenvalue weighted by Gasteiger charge is 2.15. The lowest BCUT2D eigenvalue weighted by molar-refractivity contribution is -0.119. The Hall–Kier alpha value is -3.68. The first-order valence-corrected chi connectivity index (χ1v) is 8.55. The molecule has 7 nitrogen and oxygen atoms in total. The predicted octanol–water partition coefficient (Wildman–Crippen LogP) is 3.38. The van der Waals surface area contributed by atoms with Crippen LogP contribution in [0.2, 0.25) is 0 Å². The SMILES string of the molecule is CC(=O)COc1nc2nonc2nc1Cc1ccc(-c2ccc(F)cc2)cc1. The van der Waals surface area contributed by atoms with Crippen molar-refractivity contribution in [3.63, 3.8) is 0 Å². The zero-order valence-corrected chi connectivity index (χ0v) is 14.9. The number of hydrogen-bond acceptors (Lipinski definition) is 7. The zero-order chi connectivity index (χ0) is 19.5. The summed E-state index contributed by atoms with van der Waals surface area (Å²) in [5.74, 6) is -0.175. The molecular formula is C20H15FN4O3. The molecule has 0 aliphatic carbocycles. The molecule has 0 aliphatic rings. The second-order valence-corrected chi connectivity index (χ2v) is 6.26. The summed E-state index contributed by atoms with van der Waals surface area (Å²) in [5.41, 5.74) is 3.87. The summed E-state index contributed by atoms with van der Waals surface area (Å²) < 4.78 is 23.2. The summed E-state index contributed by atoms with van der Waals surface area (Å²) >= 11 is 0. The molecule has 28 heavy (non-hydrogen) atoms. The van der Waals surface area contributed by atoms with Gasteiger partial charge in [-0.1, -0.05) is 36.4 Å². The fraction of sp³-hybridized carbons (Fsp3) is 0.150. The minimum absolute atomic E-state index is 0.109. The number of nitrogens with zero attached hydrogens (tertiary/aromatic N) is 4. The molecule has 0 spiro atoms. The Labute approximate surface area is 159 Å². The van der Waals surface area contributed by atoms with Crippen molar-refractivity contribution in [2.75, 3.05) is 6.61 Å². The van der Waals surface area contributed by atoms with Crippen LogP contribution in [0, 0.1) is 5.82 Å². The molecule has 0 fully saturated rings. The van der Waals surface area contributed by atoms with Crippen LogP contribution >= 0.6 is 0 Å². The van der Waals surface area contributed by atoms with E-state index in [0.29, 0.717) is 12.1 Å². The standard InChI is InChI=1S/C20H15FN4O3/c1-12(26)11-27-20-17(22-18-19(23-20)25-28-24-18)10-13-2-4-14(5-3-13)15-6-8-16(21)9-7-15/h2-9H,10-11H2,1H3. The maximum Gasteiger partial charge on any atom is 0.246 e. The van der Waals surface area contributed by atoms with Gasteiger partial charge in [-0.05, 0) is 46.1 Å². The summed E-state index contributed by atoms with van der Waals surface area (Å²) in [5, 5.41) is 7.36.